The predicted molar refractivity (Wildman–Crippen MR) is 65.5 cm³/mol. The maximum absolute atomic E-state index is 11.8. The molecule has 1 aliphatic heterocycles. The number of amides is 1. The van der Waals surface area contributed by atoms with Gasteiger partial charge >= 0.3 is 0 Å². The summed E-state index contributed by atoms with van der Waals surface area (Å²) in [7, 11) is 0. The zero-order valence-electron chi connectivity index (χ0n) is 8.93. The number of hydrogen-bond donors (Lipinski definition) is 1. The van der Waals surface area contributed by atoms with Gasteiger partial charge in [0.05, 0.1) is 5.25 Å². The quantitative estimate of drug-likeness (QED) is 0.756. The number of alkyl halides is 1. The van der Waals surface area contributed by atoms with Crippen LogP contribution >= 0.6 is 23.4 Å². The van der Waals surface area contributed by atoms with Gasteiger partial charge in [-0.3, -0.25) is 4.79 Å². The Morgan fingerprint density at radius 1 is 1.53 bits per heavy atom. The predicted octanol–water partition coefficient (Wildman–Crippen LogP) is 2.41. The summed E-state index contributed by atoms with van der Waals surface area (Å²) in [5, 5.41) is 3.31. The third-order valence-corrected chi connectivity index (χ3v) is 5.01. The van der Waals surface area contributed by atoms with Crippen LogP contribution in [0.2, 0.25) is 0 Å². The first-order valence-corrected chi connectivity index (χ1v) is 7.29. The summed E-state index contributed by atoms with van der Waals surface area (Å²) >= 11 is 7.55. The molecular formula is C11H18ClNOS. The summed E-state index contributed by atoms with van der Waals surface area (Å²) in [6.07, 6.45) is 5.76. The van der Waals surface area contributed by atoms with Crippen molar-refractivity contribution < 1.29 is 4.79 Å². The Morgan fingerprint density at radius 2 is 2.33 bits per heavy atom. The fourth-order valence-corrected chi connectivity index (χ4v) is 3.65. The van der Waals surface area contributed by atoms with Crippen LogP contribution in [0.1, 0.15) is 32.1 Å². The maximum Gasteiger partial charge on any atom is 0.233 e. The normalized spacial score (nSPS) is 27.7. The van der Waals surface area contributed by atoms with Gasteiger partial charge in [-0.05, 0) is 43.3 Å². The van der Waals surface area contributed by atoms with Crippen LogP contribution < -0.4 is 5.32 Å². The van der Waals surface area contributed by atoms with Gasteiger partial charge in [0.15, 0.2) is 0 Å². The Morgan fingerprint density at radius 3 is 2.87 bits per heavy atom. The van der Waals surface area contributed by atoms with Gasteiger partial charge in [0, 0.05) is 12.4 Å². The molecule has 1 atom stereocenters. The number of halogens is 1. The highest BCUT2D eigenvalue weighted by molar-refractivity contribution is 8.00. The van der Waals surface area contributed by atoms with Crippen LogP contribution in [0, 0.1) is 5.41 Å². The molecule has 0 aromatic rings. The molecule has 1 saturated heterocycles. The van der Waals surface area contributed by atoms with Crippen molar-refractivity contribution in [1.29, 1.82) is 0 Å². The van der Waals surface area contributed by atoms with E-state index in [1.54, 1.807) is 11.8 Å². The summed E-state index contributed by atoms with van der Waals surface area (Å²) < 4.78 is 0. The molecule has 15 heavy (non-hydrogen) atoms. The first kappa shape index (κ1) is 11.6. The molecule has 0 aromatic carbocycles. The monoisotopic (exact) mass is 247 g/mol. The van der Waals surface area contributed by atoms with E-state index in [1.807, 2.05) is 0 Å². The van der Waals surface area contributed by atoms with E-state index in [2.05, 4.69) is 5.32 Å². The molecule has 1 saturated carbocycles. The second-order valence-corrected chi connectivity index (χ2v) is 6.35. The van der Waals surface area contributed by atoms with Gasteiger partial charge in [0.1, 0.15) is 0 Å². The van der Waals surface area contributed by atoms with Crippen LogP contribution in [0.5, 0.6) is 0 Å². The van der Waals surface area contributed by atoms with Gasteiger partial charge in [-0.1, -0.05) is 0 Å². The highest BCUT2D eigenvalue weighted by Crippen LogP contribution is 2.48. The Kier molecular flexibility index (Phi) is 3.83. The smallest absolute Gasteiger partial charge is 0.233 e. The number of thioether (sulfide) groups is 1. The van der Waals surface area contributed by atoms with E-state index in [9.17, 15) is 4.79 Å². The summed E-state index contributed by atoms with van der Waals surface area (Å²) in [6.45, 7) is 0.843. The molecule has 1 unspecified atom stereocenters. The molecule has 0 aromatic heterocycles. The molecule has 0 radical (unpaired) electrons. The molecule has 86 valence electrons. The standard InChI is InChI=1S/C11H18ClNOS/c12-6-5-11(3-4-11)8-13-10(14)9-2-1-7-15-9/h9H,1-8H2,(H,13,14). The van der Waals surface area contributed by atoms with Crippen molar-refractivity contribution in [3.8, 4) is 0 Å². The molecule has 0 bridgehead atoms. The van der Waals surface area contributed by atoms with Crippen LogP contribution in [0.4, 0.5) is 0 Å². The molecule has 1 N–H and O–H groups in total. The molecule has 0 spiro atoms. The van der Waals surface area contributed by atoms with E-state index in [0.29, 0.717) is 11.3 Å². The van der Waals surface area contributed by atoms with Crippen LogP contribution in [-0.2, 0) is 4.79 Å². The van der Waals surface area contributed by atoms with Crippen molar-refractivity contribution in [1.82, 2.24) is 5.32 Å². The Balaban J connectivity index is 1.70. The van der Waals surface area contributed by atoms with E-state index in [0.717, 1.165) is 25.1 Å². The fraction of sp³-hybridized carbons (Fsp3) is 0.909. The highest BCUT2D eigenvalue weighted by Gasteiger charge is 2.42. The van der Waals surface area contributed by atoms with E-state index < -0.39 is 0 Å². The number of hydrogen-bond acceptors (Lipinski definition) is 2. The molecule has 1 amide bonds. The summed E-state index contributed by atoms with van der Waals surface area (Å²) in [4.78, 5) is 11.8. The number of nitrogens with one attached hydrogen (secondary N) is 1. The third-order valence-electron chi connectivity index (χ3n) is 3.44. The first-order chi connectivity index (χ1) is 7.26. The van der Waals surface area contributed by atoms with Crippen molar-refractivity contribution in [2.24, 2.45) is 5.41 Å². The van der Waals surface area contributed by atoms with Crippen molar-refractivity contribution >= 4 is 29.3 Å². The third kappa shape index (κ3) is 3.04. The SMILES string of the molecule is O=C(NCC1(CCCl)CC1)C1CCCS1. The Bertz CT molecular complexity index is 237. The highest BCUT2D eigenvalue weighted by atomic mass is 35.5. The zero-order valence-corrected chi connectivity index (χ0v) is 10.5. The topological polar surface area (TPSA) is 29.1 Å². The van der Waals surface area contributed by atoms with Crippen molar-refractivity contribution in [3.63, 3.8) is 0 Å². The van der Waals surface area contributed by atoms with Crippen molar-refractivity contribution in [2.75, 3.05) is 18.2 Å². The minimum atomic E-state index is 0.219. The summed E-state index contributed by atoms with van der Waals surface area (Å²) in [5.74, 6) is 2.11. The van der Waals surface area contributed by atoms with Gasteiger partial charge < -0.3 is 5.32 Å². The lowest BCUT2D eigenvalue weighted by Crippen LogP contribution is -2.35. The molecule has 2 fully saturated rings. The average Bonchev–Trinajstić information content (AvgIpc) is 2.81. The van der Waals surface area contributed by atoms with Gasteiger partial charge in [0.2, 0.25) is 5.91 Å². The minimum Gasteiger partial charge on any atom is -0.355 e. The van der Waals surface area contributed by atoms with Crippen molar-refractivity contribution in [2.45, 2.75) is 37.4 Å². The zero-order chi connectivity index (χ0) is 10.7. The van der Waals surface area contributed by atoms with E-state index in [4.69, 9.17) is 11.6 Å². The number of carbonyl (C=O) groups is 1. The Labute approximate surface area is 101 Å². The average molecular weight is 248 g/mol. The number of rotatable bonds is 5. The van der Waals surface area contributed by atoms with Crippen molar-refractivity contribution in [3.05, 3.63) is 0 Å². The first-order valence-electron chi connectivity index (χ1n) is 5.71. The van der Waals surface area contributed by atoms with Gasteiger partial charge in [-0.2, -0.15) is 0 Å². The molecule has 2 aliphatic rings. The lowest BCUT2D eigenvalue weighted by Gasteiger charge is -2.16. The molecule has 1 heterocycles. The van der Waals surface area contributed by atoms with Crippen LogP contribution in [0.3, 0.4) is 0 Å². The summed E-state index contributed by atoms with van der Waals surface area (Å²) in [5.41, 5.74) is 0.362. The van der Waals surface area contributed by atoms with Gasteiger partial charge in [0.25, 0.3) is 0 Å². The molecule has 4 heteroatoms. The van der Waals surface area contributed by atoms with E-state index in [-0.39, 0.29) is 11.2 Å². The van der Waals surface area contributed by atoms with Gasteiger partial charge in [-0.25, -0.2) is 0 Å². The fourth-order valence-electron chi connectivity index (χ4n) is 2.07. The van der Waals surface area contributed by atoms with Crippen LogP contribution in [-0.4, -0.2) is 29.3 Å². The molecular weight excluding hydrogens is 230 g/mol. The number of carbonyl (C=O) groups excluding carboxylic acids is 1. The lowest BCUT2D eigenvalue weighted by atomic mass is 10.0. The second kappa shape index (κ2) is 4.96. The largest absolute Gasteiger partial charge is 0.355 e. The van der Waals surface area contributed by atoms with Gasteiger partial charge in [-0.15, -0.1) is 23.4 Å². The minimum absolute atomic E-state index is 0.219. The van der Waals surface area contributed by atoms with Crippen LogP contribution in [0.15, 0.2) is 0 Å². The summed E-state index contributed by atoms with van der Waals surface area (Å²) in [6, 6.07) is 0. The van der Waals surface area contributed by atoms with E-state index >= 15 is 0 Å². The molecule has 2 nitrogen and oxygen atoms in total. The van der Waals surface area contributed by atoms with Crippen LogP contribution in [0.25, 0.3) is 0 Å². The molecule has 2 rings (SSSR count). The molecule has 1 aliphatic carbocycles. The van der Waals surface area contributed by atoms with E-state index in [1.165, 1.54) is 19.3 Å². The second-order valence-electron chi connectivity index (χ2n) is 4.66. The lowest BCUT2D eigenvalue weighted by molar-refractivity contribution is -0.120. The maximum atomic E-state index is 11.8. The Hall–Kier alpha value is 0.110.